The van der Waals surface area contributed by atoms with Gasteiger partial charge in [0.2, 0.25) is 0 Å². The number of fused-ring (bicyclic) bond motifs is 3. The van der Waals surface area contributed by atoms with Crippen LogP contribution in [0.3, 0.4) is 0 Å². The average molecular weight is 442 g/mol. The number of amides is 3. The van der Waals surface area contributed by atoms with Gasteiger partial charge in [-0.05, 0) is 35.7 Å². The lowest BCUT2D eigenvalue weighted by Crippen LogP contribution is -2.49. The summed E-state index contributed by atoms with van der Waals surface area (Å²) < 4.78 is 5.69. The van der Waals surface area contributed by atoms with Crippen LogP contribution in [0.1, 0.15) is 0 Å². The van der Waals surface area contributed by atoms with E-state index in [-0.39, 0.29) is 6.61 Å². The number of urea groups is 1. The predicted octanol–water partition coefficient (Wildman–Crippen LogP) is 5.26. The number of nitrogens with one attached hydrogen (secondary N) is 2. The summed E-state index contributed by atoms with van der Waals surface area (Å²) in [4.78, 5) is 28.9. The molecule has 158 valence electrons. The van der Waals surface area contributed by atoms with E-state index >= 15 is 0 Å². The van der Waals surface area contributed by atoms with Gasteiger partial charge in [-0.25, -0.2) is 10.2 Å². The van der Waals surface area contributed by atoms with Crippen LogP contribution in [0, 0.1) is 0 Å². The normalized spacial score (nSPS) is 11.9. The van der Waals surface area contributed by atoms with E-state index in [2.05, 4.69) is 10.9 Å². The van der Waals surface area contributed by atoms with Crippen molar-refractivity contribution in [1.29, 1.82) is 0 Å². The summed E-state index contributed by atoms with van der Waals surface area (Å²) in [6, 6.07) is 28.3. The van der Waals surface area contributed by atoms with Crippen molar-refractivity contribution in [2.45, 2.75) is 9.79 Å². The molecule has 6 nitrogen and oxygen atoms in total. The zero-order chi connectivity index (χ0) is 21.9. The first-order chi connectivity index (χ1) is 15.7. The molecule has 0 unspecified atom stereocenters. The fraction of sp³-hybridized carbons (Fsp3) is 0.0400. The van der Waals surface area contributed by atoms with E-state index in [0.29, 0.717) is 5.75 Å². The number of ether oxygens (including phenoxy) is 1. The molecular formula is C25H19N3O3S. The van der Waals surface area contributed by atoms with E-state index in [4.69, 9.17) is 4.74 Å². The molecular weight excluding hydrogens is 422 g/mol. The molecule has 32 heavy (non-hydrogen) atoms. The van der Waals surface area contributed by atoms with Crippen molar-refractivity contribution in [3.8, 4) is 5.75 Å². The van der Waals surface area contributed by atoms with Crippen molar-refractivity contribution in [3.05, 3.63) is 91.0 Å². The van der Waals surface area contributed by atoms with Crippen molar-refractivity contribution in [2.75, 3.05) is 11.5 Å². The minimum absolute atomic E-state index is 0.225. The van der Waals surface area contributed by atoms with Crippen molar-refractivity contribution in [3.63, 3.8) is 0 Å². The Morgan fingerprint density at radius 1 is 0.750 bits per heavy atom. The van der Waals surface area contributed by atoms with Crippen molar-refractivity contribution in [2.24, 2.45) is 0 Å². The molecule has 1 heterocycles. The minimum atomic E-state index is -0.459. The molecule has 0 atom stereocenters. The maximum atomic E-state index is 13.0. The number of benzene rings is 4. The van der Waals surface area contributed by atoms with E-state index in [1.165, 1.54) is 0 Å². The Hall–Kier alpha value is -3.97. The Balaban J connectivity index is 1.27. The highest BCUT2D eigenvalue weighted by molar-refractivity contribution is 7.99. The number of para-hydroxylation sites is 2. The molecule has 4 aromatic carbocycles. The van der Waals surface area contributed by atoms with Gasteiger partial charge < -0.3 is 4.74 Å². The van der Waals surface area contributed by atoms with Gasteiger partial charge in [0.1, 0.15) is 5.75 Å². The van der Waals surface area contributed by atoms with Crippen LogP contribution in [0.2, 0.25) is 0 Å². The molecule has 1 aliphatic heterocycles. The topological polar surface area (TPSA) is 70.7 Å². The number of carbonyl (C=O) groups excluding carboxylic acids is 2. The van der Waals surface area contributed by atoms with Crippen LogP contribution < -0.4 is 20.5 Å². The largest absolute Gasteiger partial charge is 0.483 e. The molecule has 0 spiro atoms. The van der Waals surface area contributed by atoms with Crippen LogP contribution in [-0.2, 0) is 4.79 Å². The summed E-state index contributed by atoms with van der Waals surface area (Å²) in [5.74, 6) is 0.153. The SMILES string of the molecule is O=C(COc1cccc2ccccc12)NNC(=O)N1c2ccccc2Sc2ccccc21. The van der Waals surface area contributed by atoms with Crippen molar-refractivity contribution in [1.82, 2.24) is 10.9 Å². The number of nitrogens with zero attached hydrogens (tertiary/aromatic N) is 1. The number of rotatable bonds is 3. The van der Waals surface area contributed by atoms with Crippen molar-refractivity contribution >= 4 is 45.8 Å². The molecule has 1 aliphatic rings. The first-order valence-electron chi connectivity index (χ1n) is 10.1. The smallest absolute Gasteiger partial charge is 0.345 e. The van der Waals surface area contributed by atoms with Gasteiger partial charge in [-0.15, -0.1) is 0 Å². The Morgan fingerprint density at radius 3 is 2.12 bits per heavy atom. The molecule has 0 bridgehead atoms. The number of hydrogen-bond acceptors (Lipinski definition) is 4. The van der Waals surface area contributed by atoms with Crippen LogP contribution in [0.5, 0.6) is 5.75 Å². The molecule has 5 rings (SSSR count). The van der Waals surface area contributed by atoms with Gasteiger partial charge in [0.25, 0.3) is 5.91 Å². The lowest BCUT2D eigenvalue weighted by molar-refractivity contribution is -0.123. The Bertz CT molecular complexity index is 1270. The predicted molar refractivity (Wildman–Crippen MR) is 125 cm³/mol. The summed E-state index contributed by atoms with van der Waals surface area (Å²) in [6.45, 7) is -0.225. The summed E-state index contributed by atoms with van der Waals surface area (Å²) in [5.41, 5.74) is 6.47. The first kappa shape index (κ1) is 20.0. The quantitative estimate of drug-likeness (QED) is 0.426. The highest BCUT2D eigenvalue weighted by Crippen LogP contribution is 2.47. The van der Waals surface area contributed by atoms with Gasteiger partial charge in [-0.2, -0.15) is 0 Å². The lowest BCUT2D eigenvalue weighted by atomic mass is 10.1. The maximum absolute atomic E-state index is 13.0. The zero-order valence-electron chi connectivity index (χ0n) is 16.9. The number of hydrogen-bond donors (Lipinski definition) is 2. The third-order valence-electron chi connectivity index (χ3n) is 5.05. The van der Waals surface area contributed by atoms with E-state index < -0.39 is 11.9 Å². The molecule has 0 aliphatic carbocycles. The number of hydrazine groups is 1. The van der Waals surface area contributed by atoms with E-state index in [9.17, 15) is 9.59 Å². The molecule has 2 N–H and O–H groups in total. The van der Waals surface area contributed by atoms with Gasteiger partial charge in [-0.3, -0.25) is 15.1 Å². The Morgan fingerprint density at radius 2 is 1.38 bits per heavy atom. The molecule has 0 fully saturated rings. The lowest BCUT2D eigenvalue weighted by Gasteiger charge is -2.30. The highest BCUT2D eigenvalue weighted by Gasteiger charge is 2.28. The summed E-state index contributed by atoms with van der Waals surface area (Å²) in [6.07, 6.45) is 0. The fourth-order valence-corrected chi connectivity index (χ4v) is 4.66. The van der Waals surface area contributed by atoms with E-state index in [0.717, 1.165) is 31.9 Å². The van der Waals surface area contributed by atoms with Gasteiger partial charge in [0, 0.05) is 15.2 Å². The molecule has 0 aromatic heterocycles. The fourth-order valence-electron chi connectivity index (χ4n) is 3.60. The van der Waals surface area contributed by atoms with Gasteiger partial charge in [0.05, 0.1) is 11.4 Å². The summed E-state index contributed by atoms with van der Waals surface area (Å²) in [7, 11) is 0. The van der Waals surface area contributed by atoms with Crippen LogP contribution in [0.25, 0.3) is 10.8 Å². The molecule has 0 saturated carbocycles. The summed E-state index contributed by atoms with van der Waals surface area (Å²) in [5, 5.41) is 1.95. The first-order valence-corrected chi connectivity index (χ1v) is 10.9. The second kappa shape index (κ2) is 8.64. The summed E-state index contributed by atoms with van der Waals surface area (Å²) >= 11 is 1.61. The van der Waals surface area contributed by atoms with Gasteiger partial charge in [-0.1, -0.05) is 72.4 Å². The number of anilines is 2. The van der Waals surface area contributed by atoms with Crippen LogP contribution >= 0.6 is 11.8 Å². The Labute approximate surface area is 189 Å². The zero-order valence-corrected chi connectivity index (χ0v) is 17.8. The monoisotopic (exact) mass is 441 g/mol. The third kappa shape index (κ3) is 3.86. The molecule has 7 heteroatoms. The molecule has 0 radical (unpaired) electrons. The molecule has 0 saturated heterocycles. The van der Waals surface area contributed by atoms with Gasteiger partial charge in [0.15, 0.2) is 6.61 Å². The molecule has 4 aromatic rings. The van der Waals surface area contributed by atoms with Crippen LogP contribution in [0.4, 0.5) is 16.2 Å². The van der Waals surface area contributed by atoms with Crippen molar-refractivity contribution < 1.29 is 14.3 Å². The second-order valence-electron chi connectivity index (χ2n) is 7.12. The minimum Gasteiger partial charge on any atom is -0.483 e. The van der Waals surface area contributed by atoms with Crippen LogP contribution in [-0.4, -0.2) is 18.5 Å². The molecule has 3 amide bonds. The Kier molecular flexibility index (Phi) is 5.39. The van der Waals surface area contributed by atoms with Crippen LogP contribution in [0.15, 0.2) is 101 Å². The second-order valence-corrected chi connectivity index (χ2v) is 8.20. The third-order valence-corrected chi connectivity index (χ3v) is 6.18. The number of carbonyl (C=O) groups is 2. The standard InChI is InChI=1S/C25H19N3O3S/c29-24(16-31-21-13-7-9-17-8-1-2-10-18(17)21)26-27-25(30)28-19-11-3-5-14-22(19)32-23-15-6-4-12-20(23)28/h1-15H,16H2,(H,26,29)(H,27,30). The van der Waals surface area contributed by atoms with E-state index in [1.807, 2.05) is 91.0 Å². The maximum Gasteiger partial charge on any atom is 0.345 e. The average Bonchev–Trinajstić information content (AvgIpc) is 2.84. The highest BCUT2D eigenvalue weighted by atomic mass is 32.2. The van der Waals surface area contributed by atoms with Gasteiger partial charge >= 0.3 is 6.03 Å². The van der Waals surface area contributed by atoms with E-state index in [1.54, 1.807) is 16.7 Å².